The molecular weight excluding hydrogens is 326 g/mol. The zero-order chi connectivity index (χ0) is 18.6. The Morgan fingerprint density at radius 3 is 2.00 bits per heavy atom. The molecule has 0 aromatic heterocycles. The first kappa shape index (κ1) is 18.3. The molecule has 2 aromatic carbocycles. The van der Waals surface area contributed by atoms with Gasteiger partial charge in [-0.1, -0.05) is 31.2 Å². The molecule has 138 valence electrons. The van der Waals surface area contributed by atoms with E-state index in [2.05, 4.69) is 17.0 Å². The monoisotopic (exact) mass is 353 g/mol. The maximum Gasteiger partial charge on any atom is 0.318 e. The van der Waals surface area contributed by atoms with Crippen LogP contribution < -0.4 is 9.64 Å². The highest BCUT2D eigenvalue weighted by atomic mass is 16.5. The second-order valence-electron chi connectivity index (χ2n) is 6.76. The number of aliphatic carboxylic acids is 1. The van der Waals surface area contributed by atoms with Crippen LogP contribution in [0.5, 0.6) is 5.75 Å². The van der Waals surface area contributed by atoms with Gasteiger partial charge in [0.05, 0.1) is 6.61 Å². The predicted molar refractivity (Wildman–Crippen MR) is 104 cm³/mol. The van der Waals surface area contributed by atoms with E-state index >= 15 is 0 Å². The fraction of sp³-hybridized carbons (Fsp3) is 0.409. The Labute approximate surface area is 155 Å². The van der Waals surface area contributed by atoms with Crippen molar-refractivity contribution in [1.82, 2.24) is 0 Å². The van der Waals surface area contributed by atoms with Crippen LogP contribution in [0, 0.1) is 0 Å². The van der Waals surface area contributed by atoms with Gasteiger partial charge < -0.3 is 14.7 Å². The summed E-state index contributed by atoms with van der Waals surface area (Å²) in [5.41, 5.74) is 1.73. The third-order valence-corrected chi connectivity index (χ3v) is 5.38. The highest BCUT2D eigenvalue weighted by molar-refractivity contribution is 5.86. The first-order valence-electron chi connectivity index (χ1n) is 9.44. The minimum absolute atomic E-state index is 0.485. The van der Waals surface area contributed by atoms with Crippen molar-refractivity contribution in [1.29, 1.82) is 0 Å². The van der Waals surface area contributed by atoms with Crippen molar-refractivity contribution in [3.05, 3.63) is 59.7 Å². The molecule has 0 bridgehead atoms. The average Bonchev–Trinajstić information content (AvgIpc) is 3.19. The van der Waals surface area contributed by atoms with Gasteiger partial charge in [0.15, 0.2) is 0 Å². The quantitative estimate of drug-likeness (QED) is 0.798. The van der Waals surface area contributed by atoms with Crippen molar-refractivity contribution in [3.63, 3.8) is 0 Å². The number of hydrogen-bond acceptors (Lipinski definition) is 3. The molecule has 0 amide bonds. The molecule has 2 aromatic rings. The number of rotatable bonds is 7. The summed E-state index contributed by atoms with van der Waals surface area (Å²) in [6, 6.07) is 15.5. The minimum atomic E-state index is -1.05. The molecule has 1 N–H and O–H groups in total. The van der Waals surface area contributed by atoms with Gasteiger partial charge in [0.1, 0.15) is 11.2 Å². The summed E-state index contributed by atoms with van der Waals surface area (Å²) in [6.07, 6.45) is 2.93. The molecule has 0 saturated carbocycles. The first-order valence-corrected chi connectivity index (χ1v) is 9.44. The lowest BCUT2D eigenvalue weighted by atomic mass is 9.72. The normalized spacial score (nSPS) is 16.3. The Morgan fingerprint density at radius 2 is 1.54 bits per heavy atom. The Balaban J connectivity index is 1.97. The van der Waals surface area contributed by atoms with Gasteiger partial charge in [-0.3, -0.25) is 4.79 Å². The average molecular weight is 353 g/mol. The van der Waals surface area contributed by atoms with E-state index in [1.54, 1.807) is 0 Å². The second-order valence-corrected chi connectivity index (χ2v) is 6.76. The molecule has 0 aliphatic carbocycles. The Morgan fingerprint density at radius 1 is 1.00 bits per heavy atom. The van der Waals surface area contributed by atoms with Gasteiger partial charge in [0, 0.05) is 18.8 Å². The van der Waals surface area contributed by atoms with Gasteiger partial charge in [0.25, 0.3) is 0 Å². The van der Waals surface area contributed by atoms with E-state index in [9.17, 15) is 9.90 Å². The van der Waals surface area contributed by atoms with Crippen molar-refractivity contribution in [2.45, 2.75) is 38.5 Å². The van der Waals surface area contributed by atoms with Crippen LogP contribution in [0.25, 0.3) is 0 Å². The lowest BCUT2D eigenvalue weighted by molar-refractivity contribution is -0.142. The third kappa shape index (κ3) is 3.28. The number of anilines is 1. The summed E-state index contributed by atoms with van der Waals surface area (Å²) < 4.78 is 5.49. The number of carboxylic acids is 1. The summed E-state index contributed by atoms with van der Waals surface area (Å²) in [5, 5.41) is 10.1. The van der Waals surface area contributed by atoms with Gasteiger partial charge in [-0.25, -0.2) is 0 Å². The SMILES string of the molecule is CCOc1ccc(C(CC)(C(=O)O)c2ccc(N3CCCC3)cc2)cc1. The van der Waals surface area contributed by atoms with Gasteiger partial charge in [-0.2, -0.15) is 0 Å². The number of ether oxygens (including phenoxy) is 1. The summed E-state index contributed by atoms with van der Waals surface area (Å²) in [6.45, 7) is 6.61. The molecule has 1 saturated heterocycles. The summed E-state index contributed by atoms with van der Waals surface area (Å²) >= 11 is 0. The van der Waals surface area contributed by atoms with Crippen LogP contribution in [-0.4, -0.2) is 30.8 Å². The Kier molecular flexibility index (Phi) is 5.50. The summed E-state index contributed by atoms with van der Waals surface area (Å²) in [4.78, 5) is 14.7. The second kappa shape index (κ2) is 7.81. The fourth-order valence-corrected chi connectivity index (χ4v) is 3.91. The molecule has 0 spiro atoms. The van der Waals surface area contributed by atoms with Crippen molar-refractivity contribution in [2.75, 3.05) is 24.6 Å². The smallest absolute Gasteiger partial charge is 0.318 e. The van der Waals surface area contributed by atoms with Crippen molar-refractivity contribution < 1.29 is 14.6 Å². The standard InChI is InChI=1S/C22H27NO3/c1-3-22(21(24)25,18-9-13-20(14-10-18)26-4-2)17-7-11-19(12-8-17)23-15-5-6-16-23/h7-14H,3-6,15-16H2,1-2H3,(H,24,25). The zero-order valence-corrected chi connectivity index (χ0v) is 15.6. The van der Waals surface area contributed by atoms with Gasteiger partial charge in [-0.05, 0) is 61.6 Å². The molecule has 1 heterocycles. The van der Waals surface area contributed by atoms with E-state index < -0.39 is 11.4 Å². The molecule has 1 atom stereocenters. The molecule has 3 rings (SSSR count). The van der Waals surface area contributed by atoms with Gasteiger partial charge in [0.2, 0.25) is 0 Å². The molecular formula is C22H27NO3. The molecule has 1 unspecified atom stereocenters. The highest BCUT2D eigenvalue weighted by Gasteiger charge is 2.40. The van der Waals surface area contributed by atoms with Crippen LogP contribution in [0.2, 0.25) is 0 Å². The maximum atomic E-state index is 12.4. The van der Waals surface area contributed by atoms with Crippen LogP contribution >= 0.6 is 0 Å². The molecule has 4 heteroatoms. The Hall–Kier alpha value is -2.49. The van der Waals surface area contributed by atoms with Crippen LogP contribution in [0.1, 0.15) is 44.2 Å². The molecule has 4 nitrogen and oxygen atoms in total. The maximum absolute atomic E-state index is 12.4. The number of benzene rings is 2. The van der Waals surface area contributed by atoms with Crippen LogP contribution in [0.15, 0.2) is 48.5 Å². The number of carboxylic acid groups (broad SMARTS) is 1. The zero-order valence-electron chi connectivity index (χ0n) is 15.6. The van der Waals surface area contributed by atoms with Gasteiger partial charge >= 0.3 is 5.97 Å². The van der Waals surface area contributed by atoms with Crippen LogP contribution in [0.3, 0.4) is 0 Å². The van der Waals surface area contributed by atoms with Gasteiger partial charge in [-0.15, -0.1) is 0 Å². The van der Waals surface area contributed by atoms with Crippen LogP contribution in [0.4, 0.5) is 5.69 Å². The lowest BCUT2D eigenvalue weighted by Gasteiger charge is -2.30. The highest BCUT2D eigenvalue weighted by Crippen LogP contribution is 2.38. The number of hydrogen-bond donors (Lipinski definition) is 1. The van der Waals surface area contributed by atoms with E-state index in [1.807, 2.05) is 50.2 Å². The number of nitrogens with zero attached hydrogens (tertiary/aromatic N) is 1. The van der Waals surface area contributed by atoms with Crippen molar-refractivity contribution in [3.8, 4) is 5.75 Å². The van der Waals surface area contributed by atoms with E-state index in [1.165, 1.54) is 18.5 Å². The van der Waals surface area contributed by atoms with E-state index in [-0.39, 0.29) is 0 Å². The topological polar surface area (TPSA) is 49.8 Å². The van der Waals surface area contributed by atoms with E-state index in [0.29, 0.717) is 13.0 Å². The molecule has 26 heavy (non-hydrogen) atoms. The Bertz CT molecular complexity index is 733. The minimum Gasteiger partial charge on any atom is -0.494 e. The largest absolute Gasteiger partial charge is 0.494 e. The van der Waals surface area contributed by atoms with E-state index in [4.69, 9.17) is 4.74 Å². The summed E-state index contributed by atoms with van der Waals surface area (Å²) in [7, 11) is 0. The molecule has 1 aliphatic heterocycles. The predicted octanol–water partition coefficient (Wildman–Crippen LogP) is 4.47. The van der Waals surface area contributed by atoms with Crippen molar-refractivity contribution >= 4 is 11.7 Å². The van der Waals surface area contributed by atoms with Crippen molar-refractivity contribution in [2.24, 2.45) is 0 Å². The summed E-state index contributed by atoms with van der Waals surface area (Å²) in [5.74, 6) is -0.0610. The number of carbonyl (C=O) groups is 1. The lowest BCUT2D eigenvalue weighted by Crippen LogP contribution is -2.36. The van der Waals surface area contributed by atoms with E-state index in [0.717, 1.165) is 30.0 Å². The fourth-order valence-electron chi connectivity index (χ4n) is 3.91. The molecule has 1 aliphatic rings. The van der Waals surface area contributed by atoms with Crippen LogP contribution in [-0.2, 0) is 10.2 Å². The molecule has 1 fully saturated rings. The third-order valence-electron chi connectivity index (χ3n) is 5.38. The molecule has 0 radical (unpaired) electrons. The first-order chi connectivity index (χ1) is 12.6.